The maximum absolute atomic E-state index is 12.9. The van der Waals surface area contributed by atoms with Crippen molar-refractivity contribution in [1.82, 2.24) is 34.3 Å². The van der Waals surface area contributed by atoms with Gasteiger partial charge in [-0.2, -0.15) is 0 Å². The lowest BCUT2D eigenvalue weighted by Gasteiger charge is -2.17. The number of aromatic carboxylic acids is 1. The Bertz CT molecular complexity index is 3480. The minimum absolute atomic E-state index is 0. The molecule has 4 heterocycles. The molecule has 468 valence electrons. The van der Waals surface area contributed by atoms with Crippen LogP contribution in [0.2, 0.25) is 10.3 Å². The topological polar surface area (TPSA) is 259 Å². The molecule has 4 N–H and O–H groups in total. The van der Waals surface area contributed by atoms with Gasteiger partial charge in [0, 0.05) is 24.5 Å². The number of carbonyl (C=O) groups is 2. The van der Waals surface area contributed by atoms with Crippen LogP contribution in [0.15, 0.2) is 107 Å². The van der Waals surface area contributed by atoms with Crippen LogP contribution in [0.1, 0.15) is 172 Å². The summed E-state index contributed by atoms with van der Waals surface area (Å²) in [6, 6.07) is 21.6. The number of benzene rings is 2. The van der Waals surface area contributed by atoms with E-state index in [0.29, 0.717) is 83.0 Å². The Morgan fingerprint density at radius 2 is 1.01 bits per heavy atom. The van der Waals surface area contributed by atoms with Gasteiger partial charge in [-0.3, -0.25) is 4.79 Å². The van der Waals surface area contributed by atoms with Crippen molar-refractivity contribution in [3.05, 3.63) is 119 Å². The summed E-state index contributed by atoms with van der Waals surface area (Å²) in [7, 11) is -7.76. The first-order valence-corrected chi connectivity index (χ1v) is 32.9. The van der Waals surface area contributed by atoms with E-state index in [-0.39, 0.29) is 38.7 Å². The fraction of sp³-hybridized carbons (Fsp3) is 0.524. The van der Waals surface area contributed by atoms with Crippen molar-refractivity contribution >= 4 is 55.1 Å². The standard InChI is InChI=1S/C31H39ClN4O5S.C16H25NO3S.C15H16ClN3O3.CH4/c1-30(2)14-12-22(21-30)5-4-19-40-23-6-8-24(9-7-23)42(38,39)35-29(37)25-10-11-26(33-28(25)32)36-18-13-27(34-36)41-20-17-31(3)15-16-31;1-16(2)10-9-13(12-16)4-3-11-20-14-5-7-15(8-6-14)21(17,18)19;1-15(5-6-15)7-9-22-12-4-8-19(18-12)11-3-2-10(14(20)21)13(16)17-11;/h6-11,13,18,22H,4-5,12,14-17,19-21H2,1-3H3,(H,35,37);5-8,13H,3-4,9-12H2,1-2H3,(H2,17,18,19);2-4,8H,5-7,9H2,1H3,(H,20,21);1H4. The zero-order chi connectivity index (χ0) is 61.2. The largest absolute Gasteiger partial charge is 0.494 e. The predicted molar refractivity (Wildman–Crippen MR) is 332 cm³/mol. The number of aromatic nitrogens is 6. The van der Waals surface area contributed by atoms with Crippen molar-refractivity contribution in [3.63, 3.8) is 0 Å². The van der Waals surface area contributed by atoms with Crippen LogP contribution < -0.4 is 28.8 Å². The van der Waals surface area contributed by atoms with Crippen LogP contribution in [0, 0.1) is 33.5 Å². The van der Waals surface area contributed by atoms with Gasteiger partial charge in [-0.15, -0.1) is 10.2 Å². The van der Waals surface area contributed by atoms with Gasteiger partial charge in [0.05, 0.1) is 47.3 Å². The van der Waals surface area contributed by atoms with Crippen molar-refractivity contribution < 1.29 is 50.5 Å². The molecule has 4 fully saturated rings. The summed E-state index contributed by atoms with van der Waals surface area (Å²) in [6.07, 6.45) is 22.5. The van der Waals surface area contributed by atoms with Crippen LogP contribution in [-0.2, 0) is 20.0 Å². The molecule has 1 amide bonds. The molecule has 0 bridgehead atoms. The predicted octanol–water partition coefficient (Wildman–Crippen LogP) is 13.7. The number of primary sulfonamides is 1. The second-order valence-corrected chi connectivity index (χ2v) is 29.2. The zero-order valence-corrected chi connectivity index (χ0v) is 52.5. The lowest BCUT2D eigenvalue weighted by Crippen LogP contribution is -2.31. The number of halogens is 2. The maximum Gasteiger partial charge on any atom is 0.338 e. The molecular weight excluding hydrogens is 1180 g/mol. The molecular formula is C63H84Cl2N8O11S2. The van der Waals surface area contributed by atoms with E-state index in [1.165, 1.54) is 122 Å². The summed E-state index contributed by atoms with van der Waals surface area (Å²) in [4.78, 5) is 32.1. The highest BCUT2D eigenvalue weighted by molar-refractivity contribution is 7.90. The average Bonchev–Trinajstić information content (AvgIpc) is 3.52. The normalized spacial score (nSPS) is 18.4. The van der Waals surface area contributed by atoms with Crippen LogP contribution in [0.4, 0.5) is 0 Å². The fourth-order valence-electron chi connectivity index (χ4n) is 10.6. The van der Waals surface area contributed by atoms with E-state index in [1.54, 1.807) is 54.9 Å². The van der Waals surface area contributed by atoms with E-state index in [4.69, 9.17) is 52.4 Å². The molecule has 2 atom stereocenters. The molecule has 0 aliphatic heterocycles. The summed E-state index contributed by atoms with van der Waals surface area (Å²) in [5.41, 5.74) is 1.69. The number of nitrogens with one attached hydrogen (secondary N) is 1. The number of nitrogens with two attached hydrogens (primary N) is 1. The molecule has 0 saturated heterocycles. The number of rotatable bonds is 25. The first-order chi connectivity index (χ1) is 40.1. The first-order valence-electron chi connectivity index (χ1n) is 29.1. The van der Waals surface area contributed by atoms with Gasteiger partial charge in [0.2, 0.25) is 21.8 Å². The highest BCUT2D eigenvalue weighted by Crippen LogP contribution is 2.49. The number of amides is 1. The number of hydrogen-bond donors (Lipinski definition) is 3. The second kappa shape index (κ2) is 28.7. The zero-order valence-electron chi connectivity index (χ0n) is 49.4. The number of sulfonamides is 2. The van der Waals surface area contributed by atoms with E-state index in [0.717, 1.165) is 43.9 Å². The number of hydrogen-bond acceptors (Lipinski definition) is 14. The van der Waals surface area contributed by atoms with Crippen LogP contribution >= 0.6 is 23.2 Å². The number of ether oxygens (including phenoxy) is 4. The molecule has 4 aromatic heterocycles. The molecule has 4 aliphatic rings. The Morgan fingerprint density at radius 1 is 0.593 bits per heavy atom. The van der Waals surface area contributed by atoms with Crippen molar-refractivity contribution in [1.29, 1.82) is 0 Å². The van der Waals surface area contributed by atoms with Crippen LogP contribution in [0.3, 0.4) is 0 Å². The molecule has 23 heteroatoms. The number of nitrogens with zero attached hydrogens (tertiary/aromatic N) is 6. The highest BCUT2D eigenvalue weighted by Gasteiger charge is 2.38. The summed E-state index contributed by atoms with van der Waals surface area (Å²) < 4.78 is 75.9. The van der Waals surface area contributed by atoms with E-state index in [9.17, 15) is 26.4 Å². The fourth-order valence-corrected chi connectivity index (χ4v) is 12.6. The quantitative estimate of drug-likeness (QED) is 0.0356. The van der Waals surface area contributed by atoms with Crippen molar-refractivity contribution in [2.24, 2.45) is 38.6 Å². The smallest absolute Gasteiger partial charge is 0.338 e. The van der Waals surface area contributed by atoms with Gasteiger partial charge in [-0.25, -0.2) is 50.8 Å². The minimum Gasteiger partial charge on any atom is -0.494 e. The van der Waals surface area contributed by atoms with Crippen LogP contribution in [0.5, 0.6) is 23.3 Å². The summed E-state index contributed by atoms with van der Waals surface area (Å²) >= 11 is 12.1. The molecule has 2 aromatic carbocycles. The Labute approximate surface area is 517 Å². The van der Waals surface area contributed by atoms with Gasteiger partial charge in [0.1, 0.15) is 21.8 Å². The third kappa shape index (κ3) is 20.1. The number of carbonyl (C=O) groups excluding carboxylic acids is 1. The third-order valence-electron chi connectivity index (χ3n) is 16.6. The van der Waals surface area contributed by atoms with Crippen LogP contribution in [-0.4, -0.2) is 89.8 Å². The molecule has 6 aromatic rings. The Kier molecular flexibility index (Phi) is 22.5. The van der Waals surface area contributed by atoms with Gasteiger partial charge >= 0.3 is 5.97 Å². The third-order valence-corrected chi connectivity index (χ3v) is 19.4. The molecule has 0 radical (unpaired) electrons. The lowest BCUT2D eigenvalue weighted by molar-refractivity contribution is 0.0696. The summed E-state index contributed by atoms with van der Waals surface area (Å²) in [5.74, 6) is 2.66. The Balaban J connectivity index is 0.000000202. The van der Waals surface area contributed by atoms with E-state index in [2.05, 4.69) is 66.4 Å². The monoisotopic (exact) mass is 1260 g/mol. The van der Waals surface area contributed by atoms with Gasteiger partial charge in [0.15, 0.2) is 11.6 Å². The highest BCUT2D eigenvalue weighted by atomic mass is 35.5. The Morgan fingerprint density at radius 3 is 1.38 bits per heavy atom. The first kappa shape index (κ1) is 67.3. The van der Waals surface area contributed by atoms with E-state index >= 15 is 0 Å². The average molecular weight is 1260 g/mol. The molecule has 86 heavy (non-hydrogen) atoms. The minimum atomic E-state index is -4.14. The molecule has 0 spiro atoms. The summed E-state index contributed by atoms with van der Waals surface area (Å²) in [5, 5.41) is 22.4. The number of carboxylic acid groups (broad SMARTS) is 1. The number of pyridine rings is 2. The second-order valence-electron chi connectivity index (χ2n) is 25.3. The molecule has 19 nitrogen and oxygen atoms in total. The van der Waals surface area contributed by atoms with Crippen LogP contribution in [0.25, 0.3) is 11.6 Å². The van der Waals surface area contributed by atoms with Crippen molar-refractivity contribution in [2.45, 2.75) is 161 Å². The van der Waals surface area contributed by atoms with Gasteiger partial charge in [-0.1, -0.05) is 72.2 Å². The van der Waals surface area contributed by atoms with Gasteiger partial charge in [-0.05, 0) is 209 Å². The molecule has 4 saturated carbocycles. The van der Waals surface area contributed by atoms with E-state index in [1.807, 2.05) is 0 Å². The van der Waals surface area contributed by atoms with Crippen molar-refractivity contribution in [3.8, 4) is 34.9 Å². The summed E-state index contributed by atoms with van der Waals surface area (Å²) in [6.45, 7) is 16.3. The lowest BCUT2D eigenvalue weighted by atomic mass is 9.89. The van der Waals surface area contributed by atoms with E-state index < -0.39 is 31.9 Å². The molecule has 4 aliphatic carbocycles. The van der Waals surface area contributed by atoms with Gasteiger partial charge < -0.3 is 24.1 Å². The molecule has 2 unspecified atom stereocenters. The SMILES string of the molecule is C.CC1(C)CCC(CCCOc2ccc(S(=O)(=O)NC(=O)c3ccc(-n4ccc(OCCC5(C)CC5)n4)nc3Cl)cc2)C1.CC1(C)CCC(CCCOc2ccc(S(N)(=O)=O)cc2)C1.CC1(CCOc2ccn(-c3ccc(C(=O)O)c(Cl)n3)n2)CC1. The van der Waals surface area contributed by atoms with Gasteiger partial charge in [0.25, 0.3) is 15.9 Å². The van der Waals surface area contributed by atoms with Crippen molar-refractivity contribution in [2.75, 3.05) is 26.4 Å². The number of carboxylic acids is 1. The maximum atomic E-state index is 12.9. The Hall–Kier alpha value is -6.26. The molecule has 10 rings (SSSR count).